The van der Waals surface area contributed by atoms with Crippen LogP contribution in [0.4, 0.5) is 5.69 Å². The molecule has 0 radical (unpaired) electrons. The minimum atomic E-state index is -0.130. The Morgan fingerprint density at radius 2 is 1.86 bits per heavy atom. The standard InChI is InChI=1S/C17H26N2O2/c1-11-5-12(2)17(13(3)6-11)18-16(21)10-19(4)9-14-7-15(20)8-14/h5-6,14-15,20H,7-10H2,1-4H3,(H,18,21). The zero-order valence-electron chi connectivity index (χ0n) is 13.4. The lowest BCUT2D eigenvalue weighted by Crippen LogP contribution is -2.40. The molecule has 1 aliphatic rings. The van der Waals surface area contributed by atoms with Crippen LogP contribution in [0, 0.1) is 26.7 Å². The number of hydrogen-bond acceptors (Lipinski definition) is 3. The first-order valence-electron chi connectivity index (χ1n) is 7.59. The number of aliphatic hydroxyl groups is 1. The Labute approximate surface area is 127 Å². The van der Waals surface area contributed by atoms with E-state index in [0.717, 1.165) is 36.2 Å². The van der Waals surface area contributed by atoms with E-state index in [1.54, 1.807) is 0 Å². The molecule has 2 N–H and O–H groups in total. The molecule has 1 amide bonds. The number of benzene rings is 1. The number of aliphatic hydroxyl groups excluding tert-OH is 1. The van der Waals surface area contributed by atoms with Gasteiger partial charge in [-0.2, -0.15) is 0 Å². The molecule has 0 heterocycles. The fourth-order valence-electron chi connectivity index (χ4n) is 3.16. The summed E-state index contributed by atoms with van der Waals surface area (Å²) in [6.45, 7) is 7.37. The van der Waals surface area contributed by atoms with Crippen molar-refractivity contribution in [3.05, 3.63) is 28.8 Å². The number of likely N-dealkylation sites (N-methyl/N-ethyl adjacent to an activating group) is 1. The maximum atomic E-state index is 12.2. The molecular weight excluding hydrogens is 264 g/mol. The lowest BCUT2D eigenvalue weighted by atomic mass is 9.82. The largest absolute Gasteiger partial charge is 0.393 e. The van der Waals surface area contributed by atoms with Crippen LogP contribution in [-0.4, -0.2) is 42.2 Å². The Hall–Kier alpha value is -1.39. The number of nitrogens with zero attached hydrogens (tertiary/aromatic N) is 1. The molecule has 0 aliphatic heterocycles. The number of rotatable bonds is 5. The second kappa shape index (κ2) is 6.58. The van der Waals surface area contributed by atoms with Crippen LogP contribution >= 0.6 is 0 Å². The van der Waals surface area contributed by atoms with Crippen molar-refractivity contribution in [1.29, 1.82) is 0 Å². The molecule has 0 spiro atoms. The summed E-state index contributed by atoms with van der Waals surface area (Å²) in [6, 6.07) is 4.17. The van der Waals surface area contributed by atoms with Crippen LogP contribution in [0.5, 0.6) is 0 Å². The van der Waals surface area contributed by atoms with Crippen LogP contribution in [0.25, 0.3) is 0 Å². The van der Waals surface area contributed by atoms with Gasteiger partial charge in [-0.25, -0.2) is 0 Å². The SMILES string of the molecule is Cc1cc(C)c(NC(=O)CN(C)CC2CC(O)C2)c(C)c1. The van der Waals surface area contributed by atoms with Crippen molar-refractivity contribution in [3.63, 3.8) is 0 Å². The van der Waals surface area contributed by atoms with Gasteiger partial charge in [-0.15, -0.1) is 0 Å². The summed E-state index contributed by atoms with van der Waals surface area (Å²) in [4.78, 5) is 14.2. The van der Waals surface area contributed by atoms with Crippen molar-refractivity contribution in [1.82, 2.24) is 4.90 Å². The topological polar surface area (TPSA) is 52.6 Å². The lowest BCUT2D eigenvalue weighted by molar-refractivity contribution is -0.117. The number of hydrogen-bond donors (Lipinski definition) is 2. The van der Waals surface area contributed by atoms with Crippen molar-refractivity contribution in [2.45, 2.75) is 39.7 Å². The first-order valence-corrected chi connectivity index (χ1v) is 7.59. The minimum absolute atomic E-state index is 0.0208. The monoisotopic (exact) mass is 290 g/mol. The van der Waals surface area contributed by atoms with Crippen LogP contribution in [0.1, 0.15) is 29.5 Å². The van der Waals surface area contributed by atoms with Crippen molar-refractivity contribution in [2.24, 2.45) is 5.92 Å². The van der Waals surface area contributed by atoms with E-state index >= 15 is 0 Å². The van der Waals surface area contributed by atoms with Gasteiger partial charge < -0.3 is 10.4 Å². The molecule has 1 aromatic carbocycles. The van der Waals surface area contributed by atoms with E-state index in [1.165, 1.54) is 5.56 Å². The van der Waals surface area contributed by atoms with E-state index in [4.69, 9.17) is 0 Å². The highest BCUT2D eigenvalue weighted by atomic mass is 16.3. The molecule has 0 aromatic heterocycles. The maximum absolute atomic E-state index is 12.2. The third-order valence-corrected chi connectivity index (χ3v) is 4.14. The summed E-state index contributed by atoms with van der Waals surface area (Å²) in [5, 5.41) is 12.3. The Morgan fingerprint density at radius 3 is 2.38 bits per heavy atom. The summed E-state index contributed by atoms with van der Waals surface area (Å²) in [7, 11) is 1.96. The second-order valence-electron chi connectivity index (χ2n) is 6.51. The van der Waals surface area contributed by atoms with Crippen LogP contribution in [0.2, 0.25) is 0 Å². The number of carbonyl (C=O) groups is 1. The van der Waals surface area contributed by atoms with Crippen LogP contribution in [-0.2, 0) is 4.79 Å². The zero-order valence-corrected chi connectivity index (χ0v) is 13.4. The predicted octanol–water partition coefficient (Wildman–Crippen LogP) is 2.25. The lowest BCUT2D eigenvalue weighted by Gasteiger charge is -2.34. The van der Waals surface area contributed by atoms with Gasteiger partial charge >= 0.3 is 0 Å². The van der Waals surface area contributed by atoms with E-state index in [0.29, 0.717) is 12.5 Å². The average Bonchev–Trinajstić information content (AvgIpc) is 2.31. The van der Waals surface area contributed by atoms with Crippen molar-refractivity contribution >= 4 is 11.6 Å². The first-order chi connectivity index (χ1) is 9.85. The molecule has 116 valence electrons. The summed E-state index contributed by atoms with van der Waals surface area (Å²) in [6.07, 6.45) is 1.60. The van der Waals surface area contributed by atoms with Crippen molar-refractivity contribution in [3.8, 4) is 0 Å². The fraction of sp³-hybridized carbons (Fsp3) is 0.588. The van der Waals surface area contributed by atoms with Crippen LogP contribution in [0.3, 0.4) is 0 Å². The maximum Gasteiger partial charge on any atom is 0.238 e. The van der Waals surface area contributed by atoms with E-state index in [-0.39, 0.29) is 12.0 Å². The molecule has 21 heavy (non-hydrogen) atoms. The molecule has 1 aliphatic carbocycles. The smallest absolute Gasteiger partial charge is 0.238 e. The summed E-state index contributed by atoms with van der Waals surface area (Å²) >= 11 is 0. The molecule has 1 aromatic rings. The van der Waals surface area contributed by atoms with E-state index < -0.39 is 0 Å². The Bertz CT molecular complexity index is 499. The second-order valence-corrected chi connectivity index (χ2v) is 6.51. The summed E-state index contributed by atoms with van der Waals surface area (Å²) < 4.78 is 0. The highest BCUT2D eigenvalue weighted by molar-refractivity contribution is 5.93. The number of amides is 1. The van der Waals surface area contributed by atoms with Gasteiger partial charge in [0.05, 0.1) is 12.6 Å². The van der Waals surface area contributed by atoms with Gasteiger partial charge in [-0.3, -0.25) is 9.69 Å². The first kappa shape index (κ1) is 16.0. The van der Waals surface area contributed by atoms with Crippen LogP contribution in [0.15, 0.2) is 12.1 Å². The van der Waals surface area contributed by atoms with Gasteiger partial charge in [0.15, 0.2) is 0 Å². The van der Waals surface area contributed by atoms with Crippen molar-refractivity contribution in [2.75, 3.05) is 25.5 Å². The Balaban J connectivity index is 1.87. The molecule has 1 fully saturated rings. The Morgan fingerprint density at radius 1 is 1.29 bits per heavy atom. The number of anilines is 1. The van der Waals surface area contributed by atoms with E-state index in [9.17, 15) is 9.90 Å². The van der Waals surface area contributed by atoms with E-state index in [2.05, 4.69) is 24.4 Å². The molecule has 0 unspecified atom stereocenters. The molecule has 0 bridgehead atoms. The molecule has 4 heteroatoms. The molecular formula is C17H26N2O2. The quantitative estimate of drug-likeness (QED) is 0.874. The van der Waals surface area contributed by atoms with Gasteiger partial charge in [-0.1, -0.05) is 17.7 Å². The van der Waals surface area contributed by atoms with Crippen molar-refractivity contribution < 1.29 is 9.90 Å². The molecule has 1 saturated carbocycles. The normalized spacial score (nSPS) is 21.2. The molecule has 4 nitrogen and oxygen atoms in total. The van der Waals surface area contributed by atoms with Gasteiger partial charge in [0, 0.05) is 12.2 Å². The summed E-state index contributed by atoms with van der Waals surface area (Å²) in [5.74, 6) is 0.549. The molecule has 0 saturated heterocycles. The third-order valence-electron chi connectivity index (χ3n) is 4.14. The highest BCUT2D eigenvalue weighted by Gasteiger charge is 2.28. The van der Waals surface area contributed by atoms with Gasteiger partial charge in [0.1, 0.15) is 0 Å². The molecule has 0 atom stereocenters. The molecule has 2 rings (SSSR count). The summed E-state index contributed by atoms with van der Waals surface area (Å²) in [5.41, 5.74) is 4.35. The predicted molar refractivity (Wildman–Crippen MR) is 85.5 cm³/mol. The zero-order chi connectivity index (χ0) is 15.6. The fourth-order valence-corrected chi connectivity index (χ4v) is 3.16. The van der Waals surface area contributed by atoms with E-state index in [1.807, 2.05) is 25.8 Å². The van der Waals surface area contributed by atoms with Gasteiger partial charge in [-0.05, 0) is 57.7 Å². The van der Waals surface area contributed by atoms with Gasteiger partial charge in [0.25, 0.3) is 0 Å². The number of nitrogens with one attached hydrogen (secondary N) is 1. The number of carbonyl (C=O) groups excluding carboxylic acids is 1. The minimum Gasteiger partial charge on any atom is -0.393 e. The Kier molecular flexibility index (Phi) is 5.01. The van der Waals surface area contributed by atoms with Gasteiger partial charge in [0.2, 0.25) is 5.91 Å². The third kappa shape index (κ3) is 4.29. The highest BCUT2D eigenvalue weighted by Crippen LogP contribution is 2.27. The van der Waals surface area contributed by atoms with Crippen LogP contribution < -0.4 is 5.32 Å². The average molecular weight is 290 g/mol. The number of aryl methyl sites for hydroxylation is 3.